The van der Waals surface area contributed by atoms with Gasteiger partial charge in [0.1, 0.15) is 5.82 Å². The Morgan fingerprint density at radius 3 is 2.58 bits per heavy atom. The van der Waals surface area contributed by atoms with Gasteiger partial charge in [-0.05, 0) is 35.9 Å². The predicted octanol–water partition coefficient (Wildman–Crippen LogP) is 3.59. The summed E-state index contributed by atoms with van der Waals surface area (Å²) in [6.07, 6.45) is 3.02. The van der Waals surface area contributed by atoms with Crippen LogP contribution < -0.4 is 0 Å². The summed E-state index contributed by atoms with van der Waals surface area (Å²) in [6.45, 7) is 0. The standard InChI is InChI=1S/C16H10FNO/c17-15-7-4-12(5-8-15)6-9-16(19)14-3-1-2-13(10-14)11-18/h1-10H/b9-6+. The van der Waals surface area contributed by atoms with Crippen molar-refractivity contribution in [3.8, 4) is 6.07 Å². The highest BCUT2D eigenvalue weighted by Gasteiger charge is 2.02. The zero-order valence-electron chi connectivity index (χ0n) is 10.0. The van der Waals surface area contributed by atoms with E-state index < -0.39 is 0 Å². The highest BCUT2D eigenvalue weighted by atomic mass is 19.1. The molecule has 0 aliphatic heterocycles. The van der Waals surface area contributed by atoms with Gasteiger partial charge in [-0.1, -0.05) is 30.3 Å². The molecule has 2 rings (SSSR count). The third kappa shape index (κ3) is 3.36. The van der Waals surface area contributed by atoms with Gasteiger partial charge in [0, 0.05) is 5.56 Å². The van der Waals surface area contributed by atoms with Crippen LogP contribution in [0.15, 0.2) is 54.6 Å². The van der Waals surface area contributed by atoms with Crippen LogP contribution in [0.3, 0.4) is 0 Å². The molecular weight excluding hydrogens is 241 g/mol. The van der Waals surface area contributed by atoms with Gasteiger partial charge in [0.25, 0.3) is 0 Å². The van der Waals surface area contributed by atoms with E-state index in [4.69, 9.17) is 5.26 Å². The highest BCUT2D eigenvalue weighted by molar-refractivity contribution is 6.06. The molecule has 0 aliphatic carbocycles. The summed E-state index contributed by atoms with van der Waals surface area (Å²) in [6, 6.07) is 14.3. The molecule has 0 heterocycles. The number of hydrogen-bond donors (Lipinski definition) is 0. The van der Waals surface area contributed by atoms with Crippen LogP contribution in [0.25, 0.3) is 6.08 Å². The molecular formula is C16H10FNO. The SMILES string of the molecule is N#Cc1cccc(C(=O)/C=C/c2ccc(F)cc2)c1. The lowest BCUT2D eigenvalue weighted by atomic mass is 10.1. The quantitative estimate of drug-likeness (QED) is 0.617. The Bertz CT molecular complexity index is 666. The second-order valence-electron chi connectivity index (χ2n) is 3.94. The molecule has 0 unspecified atom stereocenters. The van der Waals surface area contributed by atoms with Gasteiger partial charge >= 0.3 is 0 Å². The van der Waals surface area contributed by atoms with Crippen LogP contribution in [0, 0.1) is 17.1 Å². The van der Waals surface area contributed by atoms with Crippen molar-refractivity contribution in [1.82, 2.24) is 0 Å². The summed E-state index contributed by atoms with van der Waals surface area (Å²) in [5.74, 6) is -0.508. The topological polar surface area (TPSA) is 40.9 Å². The third-order valence-corrected chi connectivity index (χ3v) is 2.57. The summed E-state index contributed by atoms with van der Waals surface area (Å²) in [5.41, 5.74) is 1.64. The van der Waals surface area contributed by atoms with Gasteiger partial charge in [0.2, 0.25) is 0 Å². The van der Waals surface area contributed by atoms with E-state index in [1.165, 1.54) is 24.3 Å². The average molecular weight is 251 g/mol. The van der Waals surface area contributed by atoms with E-state index >= 15 is 0 Å². The minimum atomic E-state index is -0.315. The van der Waals surface area contributed by atoms with Crippen LogP contribution in [0.2, 0.25) is 0 Å². The smallest absolute Gasteiger partial charge is 0.185 e. The monoisotopic (exact) mass is 251 g/mol. The van der Waals surface area contributed by atoms with Gasteiger partial charge in [0.05, 0.1) is 11.6 Å². The first-order chi connectivity index (χ1) is 9.19. The number of rotatable bonds is 3. The number of allylic oxidation sites excluding steroid dienone is 1. The van der Waals surface area contributed by atoms with Gasteiger partial charge in [0.15, 0.2) is 5.78 Å². The number of halogens is 1. The molecule has 19 heavy (non-hydrogen) atoms. The van der Waals surface area contributed by atoms with E-state index in [1.54, 1.807) is 36.4 Å². The molecule has 0 N–H and O–H groups in total. The number of benzene rings is 2. The Hall–Kier alpha value is -2.73. The summed E-state index contributed by atoms with van der Waals surface area (Å²) >= 11 is 0. The summed E-state index contributed by atoms with van der Waals surface area (Å²) < 4.78 is 12.7. The first-order valence-corrected chi connectivity index (χ1v) is 5.67. The predicted molar refractivity (Wildman–Crippen MR) is 70.9 cm³/mol. The van der Waals surface area contributed by atoms with Crippen LogP contribution in [-0.2, 0) is 0 Å². The normalized spacial score (nSPS) is 10.3. The Kier molecular flexibility index (Phi) is 3.84. The number of ketones is 1. The minimum absolute atomic E-state index is 0.193. The van der Waals surface area contributed by atoms with Crippen LogP contribution in [0.4, 0.5) is 4.39 Å². The summed E-state index contributed by atoms with van der Waals surface area (Å²) in [5, 5.41) is 8.76. The van der Waals surface area contributed by atoms with Gasteiger partial charge in [-0.3, -0.25) is 4.79 Å². The minimum Gasteiger partial charge on any atom is -0.289 e. The van der Waals surface area contributed by atoms with E-state index in [2.05, 4.69) is 0 Å². The number of carbonyl (C=O) groups excluding carboxylic acids is 1. The lowest BCUT2D eigenvalue weighted by molar-refractivity contribution is 0.104. The van der Waals surface area contributed by atoms with Crippen molar-refractivity contribution in [2.24, 2.45) is 0 Å². The van der Waals surface area contributed by atoms with Crippen molar-refractivity contribution in [3.05, 3.63) is 77.1 Å². The van der Waals surface area contributed by atoms with Gasteiger partial charge in [-0.25, -0.2) is 4.39 Å². The molecule has 2 aromatic carbocycles. The molecule has 0 amide bonds. The van der Waals surface area contributed by atoms with Gasteiger partial charge in [-0.2, -0.15) is 5.26 Å². The van der Waals surface area contributed by atoms with Crippen LogP contribution in [0.1, 0.15) is 21.5 Å². The molecule has 0 radical (unpaired) electrons. The van der Waals surface area contributed by atoms with Crippen LogP contribution >= 0.6 is 0 Å². The Balaban J connectivity index is 2.16. The van der Waals surface area contributed by atoms with Crippen molar-refractivity contribution in [2.75, 3.05) is 0 Å². The first kappa shape index (κ1) is 12.7. The van der Waals surface area contributed by atoms with E-state index in [9.17, 15) is 9.18 Å². The molecule has 3 heteroatoms. The maximum Gasteiger partial charge on any atom is 0.185 e. The van der Waals surface area contributed by atoms with E-state index in [1.807, 2.05) is 6.07 Å². The van der Waals surface area contributed by atoms with Crippen molar-refractivity contribution in [3.63, 3.8) is 0 Å². The lowest BCUT2D eigenvalue weighted by Crippen LogP contribution is -1.94. The largest absolute Gasteiger partial charge is 0.289 e. The van der Waals surface area contributed by atoms with Crippen molar-refractivity contribution in [1.29, 1.82) is 5.26 Å². The summed E-state index contributed by atoms with van der Waals surface area (Å²) in [4.78, 5) is 11.9. The van der Waals surface area contributed by atoms with Gasteiger partial charge < -0.3 is 0 Å². The van der Waals surface area contributed by atoms with Crippen molar-refractivity contribution >= 4 is 11.9 Å². The number of carbonyl (C=O) groups is 1. The molecule has 0 bridgehead atoms. The third-order valence-electron chi connectivity index (χ3n) is 2.57. The maximum absolute atomic E-state index is 12.7. The van der Waals surface area contributed by atoms with E-state index in [0.717, 1.165) is 5.56 Å². The van der Waals surface area contributed by atoms with Gasteiger partial charge in [-0.15, -0.1) is 0 Å². The molecule has 0 aliphatic rings. The molecule has 0 saturated heterocycles. The molecule has 0 aromatic heterocycles. The van der Waals surface area contributed by atoms with E-state index in [-0.39, 0.29) is 11.6 Å². The Labute approximate surface area is 110 Å². The first-order valence-electron chi connectivity index (χ1n) is 5.67. The zero-order chi connectivity index (χ0) is 13.7. The highest BCUT2D eigenvalue weighted by Crippen LogP contribution is 2.09. The fourth-order valence-electron chi connectivity index (χ4n) is 1.58. The Morgan fingerprint density at radius 1 is 1.16 bits per heavy atom. The molecule has 0 atom stereocenters. The fourth-order valence-corrected chi connectivity index (χ4v) is 1.58. The van der Waals surface area contributed by atoms with Crippen molar-refractivity contribution < 1.29 is 9.18 Å². The average Bonchev–Trinajstić information content (AvgIpc) is 2.46. The summed E-state index contributed by atoms with van der Waals surface area (Å²) in [7, 11) is 0. The molecule has 92 valence electrons. The maximum atomic E-state index is 12.7. The number of nitrogens with zero attached hydrogens (tertiary/aromatic N) is 1. The second kappa shape index (κ2) is 5.74. The zero-order valence-corrected chi connectivity index (χ0v) is 10.0. The molecule has 0 fully saturated rings. The Morgan fingerprint density at radius 2 is 1.89 bits per heavy atom. The number of hydrogen-bond acceptors (Lipinski definition) is 2. The lowest BCUT2D eigenvalue weighted by Gasteiger charge is -1.96. The van der Waals surface area contributed by atoms with Crippen molar-refractivity contribution in [2.45, 2.75) is 0 Å². The second-order valence-corrected chi connectivity index (χ2v) is 3.94. The molecule has 0 saturated carbocycles. The number of nitriles is 1. The fraction of sp³-hybridized carbons (Fsp3) is 0. The molecule has 0 spiro atoms. The van der Waals surface area contributed by atoms with Crippen LogP contribution in [0.5, 0.6) is 0 Å². The molecule has 2 nitrogen and oxygen atoms in total. The molecule has 2 aromatic rings. The van der Waals surface area contributed by atoms with Crippen LogP contribution in [-0.4, -0.2) is 5.78 Å². The van der Waals surface area contributed by atoms with E-state index in [0.29, 0.717) is 11.1 Å².